The largest absolute Gasteiger partial charge is 0.421 e. The molecule has 8 nitrogen and oxygen atoms in total. The third-order valence-corrected chi connectivity index (χ3v) is 11.3. The number of hydrogen-bond acceptors (Lipinski definition) is 3. The molecule has 0 amide bonds. The first-order chi connectivity index (χ1) is 34.7. The molecule has 0 aliphatic heterocycles. The molecule has 0 aliphatic carbocycles. The fourth-order valence-electron chi connectivity index (χ4n) is 8.11. The van der Waals surface area contributed by atoms with Crippen LogP contribution in [0, 0.1) is 31.7 Å². The van der Waals surface area contributed by atoms with Gasteiger partial charge < -0.3 is 19.2 Å². The van der Waals surface area contributed by atoms with Crippen molar-refractivity contribution in [2.45, 2.75) is 6.92 Å². The summed E-state index contributed by atoms with van der Waals surface area (Å²) in [7, 11) is 0. The second kappa shape index (κ2) is 22.9. The van der Waals surface area contributed by atoms with E-state index >= 15 is 0 Å². The standard InChI is InChI=1S/2C27H19N2.C8H7N4.Ir/c2*1-5-13-22(14-6-1)26-27(23-15-7-2-8-16-23)29(25-19-11-4-12-20-25)21-28(26)24-17-9-3-10-18-24;1-6-10-8(12-11-6)7-4-2-3-5-9-7;/h2*1-19H;2-5H,1H3;/q3*-1;. The summed E-state index contributed by atoms with van der Waals surface area (Å²) < 4.78 is 8.48. The van der Waals surface area contributed by atoms with Crippen LogP contribution in [0.15, 0.2) is 255 Å². The molecule has 0 bridgehead atoms. The normalized spacial score (nSPS) is 10.5. The first-order valence-corrected chi connectivity index (χ1v) is 22.9. The van der Waals surface area contributed by atoms with Crippen LogP contribution in [0.4, 0.5) is 0 Å². The van der Waals surface area contributed by atoms with Gasteiger partial charge in [0.1, 0.15) is 0 Å². The SMILES string of the molecule is Cc1n[n-]c(-c2ccccn2)n1.[Ir].[c-]1ccccc1-n1[c-][n+](-c2ccccc2)c(-c2ccccc2)c1-c1ccccc1.[c-]1ccccc1-n1[c-][n+](-c2ccccc2)c(-c2ccccc2)c1-c1ccccc1. The van der Waals surface area contributed by atoms with Gasteiger partial charge in [0, 0.05) is 32.1 Å². The van der Waals surface area contributed by atoms with Gasteiger partial charge in [-0.25, -0.2) is 0 Å². The average Bonchev–Trinajstić information content (AvgIpc) is 4.20. The Hall–Kier alpha value is -8.88. The van der Waals surface area contributed by atoms with Crippen LogP contribution in [-0.2, 0) is 20.1 Å². The Balaban J connectivity index is 0.000000142. The quantitative estimate of drug-likeness (QED) is 0.107. The van der Waals surface area contributed by atoms with Crippen LogP contribution >= 0.6 is 0 Å². The molecule has 9 heteroatoms. The molecule has 345 valence electrons. The molecule has 8 aromatic carbocycles. The maximum Gasteiger partial charge on any atom is 0.268 e. The van der Waals surface area contributed by atoms with E-state index in [0.717, 1.165) is 73.5 Å². The monoisotopic (exact) mass is 1090 g/mol. The van der Waals surface area contributed by atoms with Crippen molar-refractivity contribution >= 4 is 0 Å². The van der Waals surface area contributed by atoms with Crippen LogP contribution in [0.3, 0.4) is 0 Å². The molecule has 1 radical (unpaired) electrons. The number of imidazole rings is 2. The number of rotatable bonds is 9. The minimum absolute atomic E-state index is 0. The molecule has 0 atom stereocenters. The Morgan fingerprint density at radius 3 is 1.15 bits per heavy atom. The number of hydrogen-bond donors (Lipinski definition) is 0. The van der Waals surface area contributed by atoms with Crippen LogP contribution < -0.4 is 14.2 Å². The van der Waals surface area contributed by atoms with Gasteiger partial charge in [0.05, 0.1) is 39.8 Å². The van der Waals surface area contributed by atoms with E-state index in [4.69, 9.17) is 0 Å². The third-order valence-electron chi connectivity index (χ3n) is 11.3. The molecule has 0 fully saturated rings. The van der Waals surface area contributed by atoms with Crippen LogP contribution in [-0.4, -0.2) is 24.2 Å². The van der Waals surface area contributed by atoms with E-state index in [1.54, 1.807) is 13.1 Å². The minimum Gasteiger partial charge on any atom is -0.421 e. The van der Waals surface area contributed by atoms with Gasteiger partial charge in [-0.3, -0.25) is 19.2 Å². The Kier molecular flexibility index (Phi) is 15.3. The number of benzene rings is 8. The molecule has 0 saturated carbocycles. The second-order valence-corrected chi connectivity index (χ2v) is 16.0. The van der Waals surface area contributed by atoms with Crippen LogP contribution in [0.1, 0.15) is 5.82 Å². The van der Waals surface area contributed by atoms with E-state index < -0.39 is 0 Å². The van der Waals surface area contributed by atoms with Gasteiger partial charge in [0.25, 0.3) is 12.7 Å². The van der Waals surface area contributed by atoms with Crippen molar-refractivity contribution in [3.8, 4) is 79.3 Å². The van der Waals surface area contributed by atoms with Crippen molar-refractivity contribution in [1.82, 2.24) is 29.3 Å². The fraction of sp³-hybridized carbons (Fsp3) is 0.0161. The van der Waals surface area contributed by atoms with Gasteiger partial charge in [0.2, 0.25) is 0 Å². The zero-order valence-corrected chi connectivity index (χ0v) is 41.1. The molecular formula is C62H45IrN8-3. The van der Waals surface area contributed by atoms with E-state index in [-0.39, 0.29) is 20.1 Å². The summed E-state index contributed by atoms with van der Waals surface area (Å²) in [5.41, 5.74) is 13.7. The summed E-state index contributed by atoms with van der Waals surface area (Å²) in [6.45, 7) is 1.80. The predicted molar refractivity (Wildman–Crippen MR) is 275 cm³/mol. The van der Waals surface area contributed by atoms with Crippen LogP contribution in [0.5, 0.6) is 0 Å². The van der Waals surface area contributed by atoms with Crippen molar-refractivity contribution < 1.29 is 29.2 Å². The maximum atomic E-state index is 4.10. The topological polar surface area (TPSA) is 70.4 Å². The van der Waals surface area contributed by atoms with Gasteiger partial charge in [-0.1, -0.05) is 164 Å². The zero-order valence-electron chi connectivity index (χ0n) is 38.7. The maximum absolute atomic E-state index is 4.10. The first kappa shape index (κ1) is 47.2. The van der Waals surface area contributed by atoms with E-state index in [9.17, 15) is 0 Å². The molecule has 0 spiro atoms. The Morgan fingerprint density at radius 2 is 0.803 bits per heavy atom. The minimum atomic E-state index is 0. The average molecular weight is 1090 g/mol. The van der Waals surface area contributed by atoms with E-state index in [1.807, 2.05) is 91.0 Å². The summed E-state index contributed by atoms with van der Waals surface area (Å²) in [4.78, 5) is 8.19. The summed E-state index contributed by atoms with van der Waals surface area (Å²) in [5, 5.41) is 7.65. The third kappa shape index (κ3) is 10.9. The zero-order chi connectivity index (χ0) is 47.3. The molecule has 4 heterocycles. The summed E-state index contributed by atoms with van der Waals surface area (Å²) in [5.74, 6) is 1.27. The second-order valence-electron chi connectivity index (χ2n) is 16.0. The number of pyridine rings is 1. The summed E-state index contributed by atoms with van der Waals surface area (Å²) in [6.07, 6.45) is 8.87. The van der Waals surface area contributed by atoms with E-state index in [1.165, 1.54) is 0 Å². The Bertz CT molecular complexity index is 3100. The van der Waals surface area contributed by atoms with Gasteiger partial charge >= 0.3 is 0 Å². The number of aryl methyl sites for hydroxylation is 1. The number of nitrogens with zero attached hydrogens (tertiary/aromatic N) is 8. The van der Waals surface area contributed by atoms with Crippen molar-refractivity contribution in [1.29, 1.82) is 0 Å². The van der Waals surface area contributed by atoms with Crippen molar-refractivity contribution in [2.75, 3.05) is 0 Å². The molecule has 0 saturated heterocycles. The van der Waals surface area contributed by atoms with Gasteiger partial charge in [-0.05, 0) is 82.8 Å². The smallest absolute Gasteiger partial charge is 0.268 e. The van der Waals surface area contributed by atoms with E-state index in [0.29, 0.717) is 11.6 Å². The summed E-state index contributed by atoms with van der Waals surface area (Å²) >= 11 is 0. The molecule has 12 rings (SSSR count). The molecule has 4 aromatic heterocycles. The van der Waals surface area contributed by atoms with Gasteiger partial charge in [0.15, 0.2) is 0 Å². The van der Waals surface area contributed by atoms with Gasteiger partial charge in [-0.2, -0.15) is 60.7 Å². The fourth-order valence-corrected chi connectivity index (χ4v) is 8.11. The Morgan fingerprint density at radius 1 is 0.423 bits per heavy atom. The number of aromatic nitrogens is 8. The summed E-state index contributed by atoms with van der Waals surface area (Å²) in [6, 6.07) is 91.0. The Labute approximate surface area is 427 Å². The van der Waals surface area contributed by atoms with Gasteiger partial charge in [-0.15, -0.1) is 0 Å². The van der Waals surface area contributed by atoms with Crippen molar-refractivity contribution in [3.05, 3.63) is 286 Å². The van der Waals surface area contributed by atoms with Crippen LogP contribution in [0.25, 0.3) is 79.3 Å². The van der Waals surface area contributed by atoms with E-state index in [2.05, 4.69) is 221 Å². The van der Waals surface area contributed by atoms with Crippen LogP contribution in [0.2, 0.25) is 0 Å². The molecule has 0 aliphatic rings. The van der Waals surface area contributed by atoms with Crippen molar-refractivity contribution in [3.63, 3.8) is 0 Å². The molecule has 12 aromatic rings. The molecule has 71 heavy (non-hydrogen) atoms. The first-order valence-electron chi connectivity index (χ1n) is 22.9. The molecular weight excluding hydrogens is 1050 g/mol. The molecule has 0 unspecified atom stereocenters. The predicted octanol–water partition coefficient (Wildman–Crippen LogP) is 12.2. The van der Waals surface area contributed by atoms with Crippen molar-refractivity contribution in [2.24, 2.45) is 0 Å². The number of para-hydroxylation sites is 4. The molecule has 0 N–H and O–H groups in total.